The third-order valence-corrected chi connectivity index (χ3v) is 4.64. The first-order valence-corrected chi connectivity index (χ1v) is 5.84. The molecule has 3 nitrogen and oxygen atoms in total. The van der Waals surface area contributed by atoms with Crippen LogP contribution in [0.15, 0.2) is 6.07 Å². The maximum atomic E-state index is 11.5. The van der Waals surface area contributed by atoms with E-state index in [-0.39, 0.29) is 5.97 Å². The minimum absolute atomic E-state index is 0.260. The molecule has 1 saturated carbocycles. The second-order valence-corrected chi connectivity index (χ2v) is 5.62. The van der Waals surface area contributed by atoms with E-state index >= 15 is 0 Å². The van der Waals surface area contributed by atoms with Gasteiger partial charge in [-0.1, -0.05) is 13.8 Å². The van der Waals surface area contributed by atoms with Gasteiger partial charge in [-0.3, -0.25) is 0 Å². The third kappa shape index (κ3) is 1.06. The lowest BCUT2D eigenvalue weighted by atomic mass is 9.48. The van der Waals surface area contributed by atoms with Crippen molar-refractivity contribution in [1.82, 2.24) is 4.98 Å². The third-order valence-electron chi connectivity index (χ3n) is 4.64. The van der Waals surface area contributed by atoms with Crippen LogP contribution in [-0.2, 0) is 11.2 Å². The molecular formula is C13H17NO2. The van der Waals surface area contributed by atoms with Crippen LogP contribution in [0, 0.1) is 11.3 Å². The topological polar surface area (TPSA) is 42.1 Å². The number of carbonyl (C=O) groups is 1. The molecule has 3 aliphatic rings. The zero-order valence-electron chi connectivity index (χ0n) is 9.96. The highest BCUT2D eigenvalue weighted by molar-refractivity contribution is 5.88. The van der Waals surface area contributed by atoms with Crippen LogP contribution in [0.4, 0.5) is 0 Å². The fourth-order valence-electron chi connectivity index (χ4n) is 3.35. The summed E-state index contributed by atoms with van der Waals surface area (Å²) in [5.74, 6) is 1.13. The van der Waals surface area contributed by atoms with Crippen LogP contribution >= 0.6 is 0 Å². The molecule has 1 heterocycles. The summed E-state index contributed by atoms with van der Waals surface area (Å²) in [5, 5.41) is 0. The lowest BCUT2D eigenvalue weighted by Crippen LogP contribution is -2.47. The molecule has 16 heavy (non-hydrogen) atoms. The van der Waals surface area contributed by atoms with Crippen molar-refractivity contribution in [3.63, 3.8) is 0 Å². The van der Waals surface area contributed by atoms with Crippen molar-refractivity contribution in [2.75, 3.05) is 7.11 Å². The van der Waals surface area contributed by atoms with E-state index < -0.39 is 0 Å². The number of ether oxygens (including phenoxy) is 1. The quantitative estimate of drug-likeness (QED) is 0.737. The fraction of sp³-hybridized carbons (Fsp3) is 0.615. The monoisotopic (exact) mass is 219 g/mol. The van der Waals surface area contributed by atoms with Crippen molar-refractivity contribution in [1.29, 1.82) is 0 Å². The summed E-state index contributed by atoms with van der Waals surface area (Å²) in [6.07, 6.45) is 2.36. The Morgan fingerprint density at radius 1 is 1.56 bits per heavy atom. The van der Waals surface area contributed by atoms with Gasteiger partial charge in [0, 0.05) is 5.69 Å². The number of hydrogen-bond donors (Lipinski definition) is 1. The Kier molecular flexibility index (Phi) is 1.80. The van der Waals surface area contributed by atoms with Gasteiger partial charge in [0.1, 0.15) is 5.69 Å². The number of aromatic amines is 1. The van der Waals surface area contributed by atoms with Crippen LogP contribution in [-0.4, -0.2) is 18.1 Å². The van der Waals surface area contributed by atoms with Crippen molar-refractivity contribution in [3.05, 3.63) is 23.0 Å². The van der Waals surface area contributed by atoms with Gasteiger partial charge >= 0.3 is 5.97 Å². The molecular weight excluding hydrogens is 202 g/mol. The minimum atomic E-state index is -0.260. The van der Waals surface area contributed by atoms with Gasteiger partial charge < -0.3 is 9.72 Å². The second kappa shape index (κ2) is 2.90. The standard InChI is InChI=1S/C13H17NO2/c1-13(2)7-4-9(13)8-6-11(12(15)16-3)14-10(8)5-7/h6-7,9,14H,4-5H2,1-3H3. The normalized spacial score (nSPS) is 29.2. The van der Waals surface area contributed by atoms with E-state index in [1.165, 1.54) is 24.8 Å². The molecule has 2 bridgehead atoms. The molecule has 86 valence electrons. The summed E-state index contributed by atoms with van der Waals surface area (Å²) >= 11 is 0. The fourth-order valence-corrected chi connectivity index (χ4v) is 3.35. The predicted octanol–water partition coefficient (Wildman–Crippen LogP) is 2.49. The molecule has 1 N–H and O–H groups in total. The van der Waals surface area contributed by atoms with Crippen molar-refractivity contribution in [2.45, 2.75) is 32.6 Å². The predicted molar refractivity (Wildman–Crippen MR) is 60.5 cm³/mol. The zero-order valence-corrected chi connectivity index (χ0v) is 9.96. The van der Waals surface area contributed by atoms with Crippen LogP contribution in [0.3, 0.4) is 0 Å². The molecule has 1 fully saturated rings. The first-order chi connectivity index (χ1) is 7.54. The highest BCUT2D eigenvalue weighted by Crippen LogP contribution is 2.62. The van der Waals surface area contributed by atoms with Crippen LogP contribution in [0.5, 0.6) is 0 Å². The van der Waals surface area contributed by atoms with Crippen molar-refractivity contribution >= 4 is 5.97 Å². The van der Waals surface area contributed by atoms with Crippen molar-refractivity contribution in [2.24, 2.45) is 11.3 Å². The average molecular weight is 219 g/mol. The van der Waals surface area contributed by atoms with Gasteiger partial charge in [0.05, 0.1) is 7.11 Å². The summed E-state index contributed by atoms with van der Waals surface area (Å²) in [6.45, 7) is 4.67. The van der Waals surface area contributed by atoms with Gasteiger partial charge in [0.15, 0.2) is 0 Å². The number of esters is 1. The van der Waals surface area contributed by atoms with Gasteiger partial charge in [0.25, 0.3) is 0 Å². The van der Waals surface area contributed by atoms with Crippen LogP contribution in [0.25, 0.3) is 0 Å². The maximum Gasteiger partial charge on any atom is 0.354 e. The Morgan fingerprint density at radius 2 is 2.31 bits per heavy atom. The molecule has 1 aromatic rings. The summed E-state index contributed by atoms with van der Waals surface area (Å²) in [7, 11) is 1.42. The number of nitrogens with one attached hydrogen (secondary N) is 1. The molecule has 2 unspecified atom stereocenters. The van der Waals surface area contributed by atoms with E-state index in [0.717, 1.165) is 12.3 Å². The highest BCUT2D eigenvalue weighted by Gasteiger charge is 2.53. The Morgan fingerprint density at radius 3 is 2.94 bits per heavy atom. The average Bonchev–Trinajstić information content (AvgIpc) is 2.70. The summed E-state index contributed by atoms with van der Waals surface area (Å²) < 4.78 is 4.74. The number of carbonyl (C=O) groups excluding carboxylic acids is 1. The molecule has 0 radical (unpaired) electrons. The van der Waals surface area contributed by atoms with Gasteiger partial charge in [0.2, 0.25) is 0 Å². The van der Waals surface area contributed by atoms with E-state index in [2.05, 4.69) is 18.8 Å². The minimum Gasteiger partial charge on any atom is -0.464 e. The highest BCUT2D eigenvalue weighted by atomic mass is 16.5. The summed E-state index contributed by atoms with van der Waals surface area (Å²) in [4.78, 5) is 14.7. The van der Waals surface area contributed by atoms with E-state index in [1.54, 1.807) is 0 Å². The van der Waals surface area contributed by atoms with Crippen LogP contribution < -0.4 is 0 Å². The molecule has 0 amide bonds. The van der Waals surface area contributed by atoms with Crippen LogP contribution in [0.1, 0.15) is 47.9 Å². The largest absolute Gasteiger partial charge is 0.464 e. The number of H-pyrrole nitrogens is 1. The van der Waals surface area contributed by atoms with E-state index in [9.17, 15) is 4.79 Å². The van der Waals surface area contributed by atoms with Gasteiger partial charge in [-0.2, -0.15) is 0 Å². The Bertz CT molecular complexity index is 458. The molecule has 3 aliphatic carbocycles. The Labute approximate surface area is 95.2 Å². The second-order valence-electron chi connectivity index (χ2n) is 5.62. The number of hydrogen-bond acceptors (Lipinski definition) is 2. The lowest BCUT2D eigenvalue weighted by molar-refractivity contribution is 0.0179. The zero-order chi connectivity index (χ0) is 11.5. The van der Waals surface area contributed by atoms with Crippen LogP contribution in [0.2, 0.25) is 0 Å². The van der Waals surface area contributed by atoms with Gasteiger partial charge in [-0.25, -0.2) is 4.79 Å². The first kappa shape index (κ1) is 9.94. The molecule has 4 rings (SSSR count). The Hall–Kier alpha value is -1.25. The Balaban J connectivity index is 2.01. The molecule has 0 aliphatic heterocycles. The summed E-state index contributed by atoms with van der Waals surface area (Å²) in [5.41, 5.74) is 3.60. The molecule has 0 saturated heterocycles. The van der Waals surface area contributed by atoms with E-state index in [1.807, 2.05) is 6.07 Å². The van der Waals surface area contributed by atoms with E-state index in [4.69, 9.17) is 4.74 Å². The molecule has 1 aromatic heterocycles. The van der Waals surface area contributed by atoms with Crippen molar-refractivity contribution in [3.8, 4) is 0 Å². The number of methoxy groups -OCH3 is 1. The molecule has 3 heteroatoms. The summed E-state index contributed by atoms with van der Waals surface area (Å²) in [6, 6.07) is 1.99. The first-order valence-electron chi connectivity index (χ1n) is 5.84. The smallest absolute Gasteiger partial charge is 0.354 e. The molecule has 0 spiro atoms. The van der Waals surface area contributed by atoms with Crippen molar-refractivity contribution < 1.29 is 9.53 Å². The lowest BCUT2D eigenvalue weighted by Gasteiger charge is -2.56. The van der Waals surface area contributed by atoms with Gasteiger partial charge in [-0.15, -0.1) is 0 Å². The number of aromatic nitrogens is 1. The maximum absolute atomic E-state index is 11.5. The van der Waals surface area contributed by atoms with Gasteiger partial charge in [-0.05, 0) is 41.7 Å². The molecule has 0 aromatic carbocycles. The van der Waals surface area contributed by atoms with E-state index in [0.29, 0.717) is 17.0 Å². The number of rotatable bonds is 1. The SMILES string of the molecule is COC(=O)c1cc2c([nH]1)CC1CC2C1(C)C. The molecule has 2 atom stereocenters.